The fourth-order valence-electron chi connectivity index (χ4n) is 2.10. The van der Waals surface area contributed by atoms with Gasteiger partial charge in [0.05, 0.1) is 12.0 Å². The van der Waals surface area contributed by atoms with Crippen LogP contribution in [0.25, 0.3) is 0 Å². The lowest BCUT2D eigenvalue weighted by Crippen LogP contribution is -2.03. The zero-order valence-electron chi connectivity index (χ0n) is 13.2. The first-order chi connectivity index (χ1) is 12.2. The number of para-hydroxylation sites is 1. The van der Waals surface area contributed by atoms with Crippen molar-refractivity contribution in [3.8, 4) is 17.4 Å². The molecule has 1 aromatic heterocycles. The molecule has 0 aliphatic rings. The summed E-state index contributed by atoms with van der Waals surface area (Å²) in [6.45, 7) is 0. The van der Waals surface area contributed by atoms with Gasteiger partial charge in [-0.1, -0.05) is 18.2 Å². The summed E-state index contributed by atoms with van der Waals surface area (Å²) in [5.74, 6) is 1.02. The highest BCUT2D eigenvalue weighted by atomic mass is 16.6. The molecule has 0 amide bonds. The Morgan fingerprint density at radius 3 is 2.36 bits per heavy atom. The van der Waals surface area contributed by atoms with Crippen LogP contribution in [0, 0.1) is 10.1 Å². The normalized spacial score (nSPS) is 10.1. The second-order valence-corrected chi connectivity index (χ2v) is 4.90. The van der Waals surface area contributed by atoms with E-state index in [0.717, 1.165) is 0 Å². The Hall–Kier alpha value is -3.68. The van der Waals surface area contributed by atoms with Gasteiger partial charge >= 0.3 is 11.6 Å². The molecule has 1 heterocycles. The lowest BCUT2D eigenvalue weighted by Gasteiger charge is -2.09. The highest BCUT2D eigenvalue weighted by Gasteiger charge is 2.25. The average molecular weight is 338 g/mol. The van der Waals surface area contributed by atoms with Crippen molar-refractivity contribution in [2.24, 2.45) is 0 Å². The molecule has 3 aromatic rings. The van der Waals surface area contributed by atoms with Gasteiger partial charge in [0.15, 0.2) is 0 Å². The summed E-state index contributed by atoms with van der Waals surface area (Å²) in [5, 5.41) is 14.4. The summed E-state index contributed by atoms with van der Waals surface area (Å²) < 4.78 is 10.6. The Kier molecular flexibility index (Phi) is 4.70. The Morgan fingerprint density at radius 1 is 1.00 bits per heavy atom. The summed E-state index contributed by atoms with van der Waals surface area (Å²) in [5.41, 5.74) is 0.274. The molecule has 0 fully saturated rings. The molecule has 0 saturated heterocycles. The van der Waals surface area contributed by atoms with E-state index in [2.05, 4.69) is 15.3 Å². The van der Waals surface area contributed by atoms with Crippen LogP contribution >= 0.6 is 0 Å². The van der Waals surface area contributed by atoms with E-state index >= 15 is 0 Å². The lowest BCUT2D eigenvalue weighted by molar-refractivity contribution is -0.385. The molecule has 0 aliphatic heterocycles. The zero-order chi connectivity index (χ0) is 17.6. The van der Waals surface area contributed by atoms with Crippen molar-refractivity contribution in [2.75, 3.05) is 12.4 Å². The molecular formula is C17H14N4O4. The fraction of sp³-hybridized carbons (Fsp3) is 0.0588. The van der Waals surface area contributed by atoms with Crippen molar-refractivity contribution in [3.05, 3.63) is 71.0 Å². The number of aromatic nitrogens is 2. The topological polar surface area (TPSA) is 99.4 Å². The third-order valence-corrected chi connectivity index (χ3v) is 3.28. The number of hydrogen-bond donors (Lipinski definition) is 1. The van der Waals surface area contributed by atoms with E-state index < -0.39 is 4.92 Å². The van der Waals surface area contributed by atoms with Gasteiger partial charge in [-0.15, -0.1) is 0 Å². The van der Waals surface area contributed by atoms with Crippen LogP contribution in [-0.2, 0) is 0 Å². The molecule has 1 N–H and O–H groups in total. The molecule has 0 aliphatic carbocycles. The number of methoxy groups -OCH3 is 1. The lowest BCUT2D eigenvalue weighted by atomic mass is 10.3. The molecule has 0 saturated carbocycles. The van der Waals surface area contributed by atoms with E-state index in [1.165, 1.54) is 6.33 Å². The van der Waals surface area contributed by atoms with Crippen LogP contribution in [0.15, 0.2) is 60.9 Å². The third kappa shape index (κ3) is 3.81. The van der Waals surface area contributed by atoms with Crippen molar-refractivity contribution >= 4 is 17.2 Å². The minimum absolute atomic E-state index is 0.0381. The maximum Gasteiger partial charge on any atom is 0.373 e. The molecule has 0 atom stereocenters. The average Bonchev–Trinajstić information content (AvgIpc) is 2.63. The number of rotatable bonds is 6. The van der Waals surface area contributed by atoms with E-state index in [4.69, 9.17) is 9.47 Å². The van der Waals surface area contributed by atoms with Crippen LogP contribution in [0.5, 0.6) is 17.4 Å². The molecule has 2 aromatic carbocycles. The monoisotopic (exact) mass is 338 g/mol. The Morgan fingerprint density at radius 2 is 1.72 bits per heavy atom. The van der Waals surface area contributed by atoms with Crippen LogP contribution in [-0.4, -0.2) is 22.0 Å². The molecule has 0 unspecified atom stereocenters. The Labute approximate surface area is 143 Å². The maximum atomic E-state index is 11.5. The molecule has 0 radical (unpaired) electrons. The number of hydrogen-bond acceptors (Lipinski definition) is 7. The van der Waals surface area contributed by atoms with Crippen LogP contribution in [0.3, 0.4) is 0 Å². The van der Waals surface area contributed by atoms with Gasteiger partial charge in [-0.25, -0.2) is 4.98 Å². The first kappa shape index (κ1) is 16.2. The van der Waals surface area contributed by atoms with Crippen molar-refractivity contribution < 1.29 is 14.4 Å². The summed E-state index contributed by atoms with van der Waals surface area (Å²) >= 11 is 0. The summed E-state index contributed by atoms with van der Waals surface area (Å²) in [6, 6.07) is 15.6. The number of nitrogens with zero attached hydrogens (tertiary/aromatic N) is 3. The van der Waals surface area contributed by atoms with Crippen molar-refractivity contribution in [1.82, 2.24) is 9.97 Å². The SMILES string of the molecule is COc1ccc(Nc2ncnc(Oc3ccccc3)c2[N+](=O)[O-])cc1. The van der Waals surface area contributed by atoms with Crippen LogP contribution < -0.4 is 14.8 Å². The van der Waals surface area contributed by atoms with Gasteiger partial charge in [-0.2, -0.15) is 4.98 Å². The highest BCUT2D eigenvalue weighted by Crippen LogP contribution is 2.35. The van der Waals surface area contributed by atoms with E-state index in [0.29, 0.717) is 17.2 Å². The van der Waals surface area contributed by atoms with Gasteiger partial charge in [0.1, 0.15) is 17.8 Å². The second kappa shape index (κ2) is 7.26. The molecule has 8 heteroatoms. The summed E-state index contributed by atoms with van der Waals surface area (Å²) in [4.78, 5) is 18.8. The van der Waals surface area contributed by atoms with Gasteiger partial charge in [-0.05, 0) is 36.4 Å². The first-order valence-electron chi connectivity index (χ1n) is 7.31. The number of ether oxygens (including phenoxy) is 2. The number of anilines is 2. The van der Waals surface area contributed by atoms with E-state index in [1.807, 2.05) is 6.07 Å². The molecule has 8 nitrogen and oxygen atoms in total. The van der Waals surface area contributed by atoms with Gasteiger partial charge < -0.3 is 14.8 Å². The van der Waals surface area contributed by atoms with Crippen molar-refractivity contribution in [1.29, 1.82) is 0 Å². The van der Waals surface area contributed by atoms with Crippen LogP contribution in [0.4, 0.5) is 17.2 Å². The Bertz CT molecular complexity index is 870. The van der Waals surface area contributed by atoms with Crippen LogP contribution in [0.2, 0.25) is 0 Å². The van der Waals surface area contributed by atoms with Gasteiger partial charge in [0.25, 0.3) is 0 Å². The van der Waals surface area contributed by atoms with Crippen molar-refractivity contribution in [3.63, 3.8) is 0 Å². The fourth-order valence-corrected chi connectivity index (χ4v) is 2.10. The third-order valence-electron chi connectivity index (χ3n) is 3.28. The van der Waals surface area contributed by atoms with Gasteiger partial charge in [0.2, 0.25) is 5.82 Å². The van der Waals surface area contributed by atoms with Crippen LogP contribution in [0.1, 0.15) is 0 Å². The first-order valence-corrected chi connectivity index (χ1v) is 7.31. The minimum Gasteiger partial charge on any atom is -0.497 e. The summed E-state index contributed by atoms with van der Waals surface area (Å²) in [7, 11) is 1.56. The van der Waals surface area contributed by atoms with Crippen molar-refractivity contribution in [2.45, 2.75) is 0 Å². The Balaban J connectivity index is 1.93. The maximum absolute atomic E-state index is 11.5. The van der Waals surface area contributed by atoms with E-state index in [1.54, 1.807) is 55.6 Å². The number of nitrogens with one attached hydrogen (secondary N) is 1. The quantitative estimate of drug-likeness (QED) is 0.537. The molecule has 3 rings (SSSR count). The van der Waals surface area contributed by atoms with Gasteiger partial charge in [0, 0.05) is 5.69 Å². The zero-order valence-corrected chi connectivity index (χ0v) is 13.2. The molecular weight excluding hydrogens is 324 g/mol. The standard InChI is InChI=1S/C17H14N4O4/c1-24-13-9-7-12(8-10-13)20-16-15(21(22)23)17(19-11-18-16)25-14-5-3-2-4-6-14/h2-11H,1H3,(H,18,19,20). The smallest absolute Gasteiger partial charge is 0.373 e. The predicted molar refractivity (Wildman–Crippen MR) is 91.5 cm³/mol. The number of nitro groups is 1. The molecule has 0 spiro atoms. The van der Waals surface area contributed by atoms with E-state index in [9.17, 15) is 10.1 Å². The largest absolute Gasteiger partial charge is 0.497 e. The molecule has 25 heavy (non-hydrogen) atoms. The van der Waals surface area contributed by atoms with E-state index in [-0.39, 0.29) is 17.4 Å². The molecule has 126 valence electrons. The predicted octanol–water partition coefficient (Wildman–Crippen LogP) is 3.93. The summed E-state index contributed by atoms with van der Waals surface area (Å²) in [6.07, 6.45) is 1.21. The second-order valence-electron chi connectivity index (χ2n) is 4.90. The molecule has 0 bridgehead atoms. The highest BCUT2D eigenvalue weighted by molar-refractivity contribution is 5.69. The van der Waals surface area contributed by atoms with Gasteiger partial charge in [-0.3, -0.25) is 10.1 Å². The minimum atomic E-state index is -0.579. The number of benzene rings is 2.